The second-order valence-corrected chi connectivity index (χ2v) is 5.54. The van der Waals surface area contributed by atoms with Crippen LogP contribution < -0.4 is 5.73 Å². The van der Waals surface area contributed by atoms with Gasteiger partial charge >= 0.3 is 0 Å². The normalized spacial score (nSPS) is 22.6. The van der Waals surface area contributed by atoms with Crippen molar-refractivity contribution in [1.82, 2.24) is 10.1 Å². The van der Waals surface area contributed by atoms with Crippen molar-refractivity contribution < 1.29 is 9.26 Å². The zero-order valence-electron chi connectivity index (χ0n) is 10.1. The van der Waals surface area contributed by atoms with E-state index in [9.17, 15) is 0 Å². The number of thioether (sulfide) groups is 1. The van der Waals surface area contributed by atoms with Crippen molar-refractivity contribution in [3.63, 3.8) is 0 Å². The molecule has 1 saturated heterocycles. The number of aromatic nitrogens is 2. The fourth-order valence-corrected chi connectivity index (χ4v) is 3.07. The van der Waals surface area contributed by atoms with E-state index in [2.05, 4.69) is 10.1 Å². The van der Waals surface area contributed by atoms with Crippen LogP contribution in [0, 0.1) is 0 Å². The van der Waals surface area contributed by atoms with E-state index in [4.69, 9.17) is 15.0 Å². The molecular formula is C11H19N3O2S. The van der Waals surface area contributed by atoms with E-state index in [1.165, 1.54) is 18.6 Å². The first-order chi connectivity index (χ1) is 8.31. The second kappa shape index (κ2) is 6.37. The lowest BCUT2D eigenvalue weighted by molar-refractivity contribution is 0.182. The minimum absolute atomic E-state index is 0.218. The van der Waals surface area contributed by atoms with Gasteiger partial charge in [0.2, 0.25) is 5.89 Å². The van der Waals surface area contributed by atoms with Crippen LogP contribution in [-0.2, 0) is 4.74 Å². The fourth-order valence-electron chi connectivity index (χ4n) is 1.84. The molecule has 2 rings (SSSR count). The molecule has 2 unspecified atom stereocenters. The van der Waals surface area contributed by atoms with Crippen molar-refractivity contribution in [2.24, 2.45) is 5.73 Å². The monoisotopic (exact) mass is 257 g/mol. The van der Waals surface area contributed by atoms with Crippen LogP contribution in [-0.4, -0.2) is 29.6 Å². The van der Waals surface area contributed by atoms with Gasteiger partial charge in [-0.1, -0.05) is 11.6 Å². The van der Waals surface area contributed by atoms with Gasteiger partial charge in [0.15, 0.2) is 5.82 Å². The van der Waals surface area contributed by atoms with Gasteiger partial charge < -0.3 is 15.0 Å². The summed E-state index contributed by atoms with van der Waals surface area (Å²) in [4.78, 5) is 4.41. The average Bonchev–Trinajstić information content (AvgIpc) is 2.86. The number of ether oxygens (including phenoxy) is 1. The van der Waals surface area contributed by atoms with Crippen LogP contribution in [0.15, 0.2) is 4.52 Å². The van der Waals surface area contributed by atoms with Crippen LogP contribution >= 0.6 is 11.8 Å². The van der Waals surface area contributed by atoms with Crippen molar-refractivity contribution in [3.8, 4) is 0 Å². The molecule has 2 atom stereocenters. The summed E-state index contributed by atoms with van der Waals surface area (Å²) in [6.07, 6.45) is 4.38. The highest BCUT2D eigenvalue weighted by molar-refractivity contribution is 7.99. The van der Waals surface area contributed by atoms with E-state index in [1.54, 1.807) is 7.11 Å². The van der Waals surface area contributed by atoms with E-state index in [-0.39, 0.29) is 6.04 Å². The summed E-state index contributed by atoms with van der Waals surface area (Å²) in [5, 5.41) is 4.43. The SMILES string of the molecule is COCCC(N)c1nc(C2CCCCS2)no1. The summed E-state index contributed by atoms with van der Waals surface area (Å²) in [6, 6.07) is -0.218. The lowest BCUT2D eigenvalue weighted by Gasteiger charge is -2.17. The van der Waals surface area contributed by atoms with Gasteiger partial charge in [-0.3, -0.25) is 0 Å². The molecule has 1 aliphatic rings. The van der Waals surface area contributed by atoms with Crippen LogP contribution in [0.3, 0.4) is 0 Å². The zero-order chi connectivity index (χ0) is 12.1. The smallest absolute Gasteiger partial charge is 0.243 e. The molecule has 2 N–H and O–H groups in total. The van der Waals surface area contributed by atoms with Crippen molar-refractivity contribution in [3.05, 3.63) is 11.7 Å². The summed E-state index contributed by atoms with van der Waals surface area (Å²) in [5.41, 5.74) is 5.94. The predicted molar refractivity (Wildman–Crippen MR) is 66.8 cm³/mol. The first-order valence-electron chi connectivity index (χ1n) is 6.01. The predicted octanol–water partition coefficient (Wildman–Crippen LogP) is 2.06. The molecule has 1 aromatic heterocycles. The number of methoxy groups -OCH3 is 1. The number of nitrogens with two attached hydrogens (primary N) is 1. The van der Waals surface area contributed by atoms with Gasteiger partial charge in [-0.15, -0.1) is 0 Å². The first kappa shape index (κ1) is 12.9. The number of nitrogens with zero attached hydrogens (tertiary/aromatic N) is 2. The molecule has 0 aliphatic carbocycles. The molecule has 0 amide bonds. The lowest BCUT2D eigenvalue weighted by atomic mass is 10.2. The van der Waals surface area contributed by atoms with Gasteiger partial charge in [0.1, 0.15) is 0 Å². The third-order valence-electron chi connectivity index (χ3n) is 2.88. The van der Waals surface area contributed by atoms with Gasteiger partial charge in [-0.05, 0) is 25.0 Å². The van der Waals surface area contributed by atoms with Gasteiger partial charge in [0.25, 0.3) is 0 Å². The molecule has 0 radical (unpaired) electrons. The van der Waals surface area contributed by atoms with Crippen LogP contribution in [0.25, 0.3) is 0 Å². The summed E-state index contributed by atoms with van der Waals surface area (Å²) >= 11 is 1.91. The molecule has 1 aliphatic heterocycles. The van der Waals surface area contributed by atoms with E-state index >= 15 is 0 Å². The van der Waals surface area contributed by atoms with Gasteiger partial charge in [0.05, 0.1) is 11.3 Å². The van der Waals surface area contributed by atoms with Crippen LogP contribution in [0.2, 0.25) is 0 Å². The quantitative estimate of drug-likeness (QED) is 0.870. The topological polar surface area (TPSA) is 74.2 Å². The molecule has 0 spiro atoms. The molecule has 0 aromatic carbocycles. The molecule has 2 heterocycles. The van der Waals surface area contributed by atoms with Crippen LogP contribution in [0.1, 0.15) is 48.7 Å². The van der Waals surface area contributed by atoms with Crippen molar-refractivity contribution in [2.45, 2.75) is 37.0 Å². The zero-order valence-corrected chi connectivity index (χ0v) is 10.9. The molecule has 1 aromatic rings. The minimum Gasteiger partial charge on any atom is -0.385 e. The van der Waals surface area contributed by atoms with E-state index in [0.29, 0.717) is 24.2 Å². The number of rotatable bonds is 5. The van der Waals surface area contributed by atoms with Crippen molar-refractivity contribution in [2.75, 3.05) is 19.5 Å². The maximum absolute atomic E-state index is 5.94. The number of hydrogen-bond donors (Lipinski definition) is 1. The van der Waals surface area contributed by atoms with Crippen LogP contribution in [0.4, 0.5) is 0 Å². The number of hydrogen-bond acceptors (Lipinski definition) is 6. The molecule has 96 valence electrons. The Balaban J connectivity index is 1.94. The van der Waals surface area contributed by atoms with Gasteiger partial charge in [-0.25, -0.2) is 0 Å². The Hall–Kier alpha value is -0.590. The molecule has 0 saturated carbocycles. The second-order valence-electron chi connectivity index (χ2n) is 4.23. The highest BCUT2D eigenvalue weighted by Crippen LogP contribution is 2.36. The molecule has 1 fully saturated rings. The van der Waals surface area contributed by atoms with Gasteiger partial charge in [-0.2, -0.15) is 16.7 Å². The standard InChI is InChI=1S/C11H19N3O2S/c1-15-6-5-8(12)11-13-10(14-16-11)9-4-2-3-7-17-9/h8-9H,2-7,12H2,1H3. The molecule has 0 bridgehead atoms. The van der Waals surface area contributed by atoms with Crippen molar-refractivity contribution in [1.29, 1.82) is 0 Å². The highest BCUT2D eigenvalue weighted by Gasteiger charge is 2.23. The highest BCUT2D eigenvalue weighted by atomic mass is 32.2. The Bertz CT molecular complexity index is 339. The minimum atomic E-state index is -0.218. The largest absolute Gasteiger partial charge is 0.385 e. The summed E-state index contributed by atoms with van der Waals surface area (Å²) in [6.45, 7) is 0.608. The Kier molecular flexibility index (Phi) is 4.82. The fraction of sp³-hybridized carbons (Fsp3) is 0.818. The van der Waals surface area contributed by atoms with Gasteiger partial charge in [0, 0.05) is 13.7 Å². The third-order valence-corrected chi connectivity index (χ3v) is 4.25. The summed E-state index contributed by atoms with van der Waals surface area (Å²) in [5.74, 6) is 2.52. The van der Waals surface area contributed by atoms with E-state index in [1.807, 2.05) is 11.8 Å². The molecule has 17 heavy (non-hydrogen) atoms. The molecule has 6 heteroatoms. The Morgan fingerprint density at radius 2 is 2.47 bits per heavy atom. The third kappa shape index (κ3) is 3.43. The Labute approximate surface area is 105 Å². The lowest BCUT2D eigenvalue weighted by Crippen LogP contribution is -2.13. The van der Waals surface area contributed by atoms with E-state index in [0.717, 1.165) is 12.2 Å². The van der Waals surface area contributed by atoms with E-state index < -0.39 is 0 Å². The maximum atomic E-state index is 5.94. The Morgan fingerprint density at radius 1 is 1.59 bits per heavy atom. The first-order valence-corrected chi connectivity index (χ1v) is 7.05. The maximum Gasteiger partial charge on any atom is 0.243 e. The van der Waals surface area contributed by atoms with Crippen molar-refractivity contribution >= 4 is 11.8 Å². The average molecular weight is 257 g/mol. The molecular weight excluding hydrogens is 238 g/mol. The molecule has 5 nitrogen and oxygen atoms in total. The summed E-state index contributed by atoms with van der Waals surface area (Å²) < 4.78 is 10.2. The Morgan fingerprint density at radius 3 is 3.18 bits per heavy atom. The summed E-state index contributed by atoms with van der Waals surface area (Å²) in [7, 11) is 1.66. The van der Waals surface area contributed by atoms with Crippen LogP contribution in [0.5, 0.6) is 0 Å².